The molecule has 2 rings (SSSR count). The summed E-state index contributed by atoms with van der Waals surface area (Å²) in [5, 5.41) is 32.3. The highest BCUT2D eigenvalue weighted by Gasteiger charge is 2.28. The molecule has 6 N–H and O–H groups in total. The number of hydrogen-bond acceptors (Lipinski definition) is 5. The number of aromatic hydroxyl groups is 2. The van der Waals surface area contributed by atoms with E-state index in [0.29, 0.717) is 24.1 Å². The Bertz CT molecular complexity index is 939. The van der Waals surface area contributed by atoms with Gasteiger partial charge in [0.05, 0.1) is 6.04 Å². The molecule has 1 aliphatic carbocycles. The number of carbonyl (C=O) groups excluding carboxylic acids is 1. The van der Waals surface area contributed by atoms with E-state index in [1.807, 2.05) is 32.1 Å². The topological polar surface area (TPSA) is 123 Å². The number of phenolic OH excluding ortho intramolecular Hbond substituents is 2. The summed E-state index contributed by atoms with van der Waals surface area (Å²) in [5.74, 6) is -1.49. The number of primary amides is 1. The highest BCUT2D eigenvalue weighted by atomic mass is 16.3. The first-order chi connectivity index (χ1) is 14.3. The van der Waals surface area contributed by atoms with Crippen molar-refractivity contribution in [2.45, 2.75) is 58.5 Å². The molecule has 0 aliphatic heterocycles. The van der Waals surface area contributed by atoms with Gasteiger partial charge in [-0.3, -0.25) is 10.2 Å². The molecule has 168 valence electrons. The average molecular weight is 427 g/mol. The molecule has 0 saturated carbocycles. The van der Waals surface area contributed by atoms with Gasteiger partial charge in [-0.25, -0.2) is 0 Å². The number of amidine groups is 1. The van der Waals surface area contributed by atoms with Crippen molar-refractivity contribution in [2.24, 2.45) is 5.73 Å². The molecule has 31 heavy (non-hydrogen) atoms. The predicted molar refractivity (Wildman–Crippen MR) is 125 cm³/mol. The molecular weight excluding hydrogens is 392 g/mol. The van der Waals surface area contributed by atoms with Gasteiger partial charge in [0.2, 0.25) is 0 Å². The smallest absolute Gasteiger partial charge is 0.284 e. The molecule has 1 atom stereocenters. The molecule has 0 fully saturated rings. The van der Waals surface area contributed by atoms with Crippen LogP contribution >= 0.6 is 0 Å². The second-order valence-electron chi connectivity index (χ2n) is 9.16. The van der Waals surface area contributed by atoms with E-state index in [1.54, 1.807) is 6.07 Å². The molecule has 1 aromatic rings. The number of amides is 1. The van der Waals surface area contributed by atoms with Gasteiger partial charge in [0.25, 0.3) is 5.91 Å². The Labute approximate surface area is 184 Å². The van der Waals surface area contributed by atoms with Gasteiger partial charge in [-0.2, -0.15) is 0 Å². The summed E-state index contributed by atoms with van der Waals surface area (Å²) in [6.45, 7) is 14.9. The number of nitrogens with zero attached hydrogens (tertiary/aromatic N) is 1. The largest absolute Gasteiger partial charge is 0.508 e. The number of nitrogens with two attached hydrogens (primary N) is 1. The van der Waals surface area contributed by atoms with Gasteiger partial charge in [0.15, 0.2) is 5.84 Å². The molecule has 1 amide bonds. The molecule has 7 nitrogen and oxygen atoms in total. The van der Waals surface area contributed by atoms with Gasteiger partial charge >= 0.3 is 0 Å². The van der Waals surface area contributed by atoms with Crippen LogP contribution in [0, 0.1) is 5.41 Å². The van der Waals surface area contributed by atoms with Crippen LogP contribution in [0.25, 0.3) is 5.70 Å². The Morgan fingerprint density at radius 1 is 1.32 bits per heavy atom. The van der Waals surface area contributed by atoms with Gasteiger partial charge < -0.3 is 26.2 Å². The SMILES string of the molecule is C=C(c1cc(C(C)C)c(O)cc1O)N(C(=N)C(N)=O)C1C=CC(CNC(C)(C)C)=CC1. The first-order valence-corrected chi connectivity index (χ1v) is 10.4. The zero-order valence-corrected chi connectivity index (χ0v) is 19.0. The third kappa shape index (κ3) is 5.98. The van der Waals surface area contributed by atoms with Crippen molar-refractivity contribution < 1.29 is 15.0 Å². The van der Waals surface area contributed by atoms with E-state index in [-0.39, 0.29) is 34.7 Å². The molecule has 0 saturated heterocycles. The number of benzene rings is 1. The van der Waals surface area contributed by atoms with E-state index in [1.165, 1.54) is 11.0 Å². The second kappa shape index (κ2) is 9.39. The van der Waals surface area contributed by atoms with Crippen LogP contribution in [0.15, 0.2) is 42.5 Å². The van der Waals surface area contributed by atoms with Crippen LogP contribution in [0.2, 0.25) is 0 Å². The van der Waals surface area contributed by atoms with E-state index < -0.39 is 11.7 Å². The molecule has 0 bridgehead atoms. The van der Waals surface area contributed by atoms with E-state index in [4.69, 9.17) is 11.1 Å². The fraction of sp³-hybridized carbons (Fsp3) is 0.417. The number of rotatable bonds is 6. The van der Waals surface area contributed by atoms with Gasteiger partial charge in [-0.1, -0.05) is 38.7 Å². The maximum Gasteiger partial charge on any atom is 0.284 e. The maximum absolute atomic E-state index is 11.9. The van der Waals surface area contributed by atoms with E-state index in [0.717, 1.165) is 5.57 Å². The summed E-state index contributed by atoms with van der Waals surface area (Å²) in [5.41, 5.74) is 7.76. The first-order valence-electron chi connectivity index (χ1n) is 10.4. The lowest BCUT2D eigenvalue weighted by Crippen LogP contribution is -2.44. The van der Waals surface area contributed by atoms with Gasteiger partial charge in [-0.05, 0) is 50.3 Å². The lowest BCUT2D eigenvalue weighted by Gasteiger charge is -2.34. The van der Waals surface area contributed by atoms with E-state index in [9.17, 15) is 15.0 Å². The second-order valence-corrected chi connectivity index (χ2v) is 9.16. The van der Waals surface area contributed by atoms with Crippen LogP contribution in [0.4, 0.5) is 0 Å². The fourth-order valence-corrected chi connectivity index (χ4v) is 3.38. The third-order valence-electron chi connectivity index (χ3n) is 5.15. The molecule has 0 radical (unpaired) electrons. The summed E-state index contributed by atoms with van der Waals surface area (Å²) < 4.78 is 0. The minimum Gasteiger partial charge on any atom is -0.508 e. The predicted octanol–water partition coefficient (Wildman–Crippen LogP) is 3.60. The Hall–Kier alpha value is -3.06. The molecule has 0 aromatic heterocycles. The van der Waals surface area contributed by atoms with Crippen molar-refractivity contribution in [2.75, 3.05) is 6.54 Å². The Morgan fingerprint density at radius 3 is 2.45 bits per heavy atom. The number of phenols is 2. The summed E-state index contributed by atoms with van der Waals surface area (Å²) in [7, 11) is 0. The van der Waals surface area contributed by atoms with Crippen LogP contribution < -0.4 is 11.1 Å². The third-order valence-corrected chi connectivity index (χ3v) is 5.15. The van der Waals surface area contributed by atoms with Crippen LogP contribution in [-0.2, 0) is 4.79 Å². The van der Waals surface area contributed by atoms with E-state index in [2.05, 4.69) is 32.7 Å². The van der Waals surface area contributed by atoms with Crippen molar-refractivity contribution >= 4 is 17.4 Å². The average Bonchev–Trinajstić information content (AvgIpc) is 2.66. The molecule has 1 unspecified atom stereocenters. The molecule has 0 heterocycles. The van der Waals surface area contributed by atoms with Crippen LogP contribution in [0.5, 0.6) is 11.5 Å². The minimum absolute atomic E-state index is 0.00609. The normalized spacial score (nSPS) is 16.2. The highest BCUT2D eigenvalue weighted by Crippen LogP contribution is 2.37. The summed E-state index contributed by atoms with van der Waals surface area (Å²) in [4.78, 5) is 13.3. The Morgan fingerprint density at radius 2 is 1.97 bits per heavy atom. The number of nitrogens with one attached hydrogen (secondary N) is 2. The zero-order chi connectivity index (χ0) is 23.5. The van der Waals surface area contributed by atoms with E-state index >= 15 is 0 Å². The van der Waals surface area contributed by atoms with Crippen LogP contribution in [0.1, 0.15) is 58.1 Å². The molecule has 1 aliphatic rings. The van der Waals surface area contributed by atoms with Crippen molar-refractivity contribution in [3.63, 3.8) is 0 Å². The van der Waals surface area contributed by atoms with Crippen LogP contribution in [-0.4, -0.2) is 45.0 Å². The molecule has 7 heteroatoms. The minimum atomic E-state index is -0.888. The summed E-state index contributed by atoms with van der Waals surface area (Å²) in [6.07, 6.45) is 6.46. The monoisotopic (exact) mass is 426 g/mol. The first kappa shape index (κ1) is 24.2. The zero-order valence-electron chi connectivity index (χ0n) is 19.0. The molecular formula is C24H34N4O3. The van der Waals surface area contributed by atoms with Gasteiger partial charge in [-0.15, -0.1) is 0 Å². The van der Waals surface area contributed by atoms with Crippen molar-refractivity contribution in [3.05, 3.63) is 53.6 Å². The number of hydrogen-bond donors (Lipinski definition) is 5. The van der Waals surface area contributed by atoms with Crippen LogP contribution in [0.3, 0.4) is 0 Å². The number of carbonyl (C=O) groups is 1. The van der Waals surface area contributed by atoms with Gasteiger partial charge in [0, 0.05) is 29.4 Å². The molecule has 1 aromatic carbocycles. The van der Waals surface area contributed by atoms with Crippen molar-refractivity contribution in [1.29, 1.82) is 5.41 Å². The van der Waals surface area contributed by atoms with Crippen molar-refractivity contribution in [3.8, 4) is 11.5 Å². The van der Waals surface area contributed by atoms with Gasteiger partial charge in [0.1, 0.15) is 11.5 Å². The fourth-order valence-electron chi connectivity index (χ4n) is 3.38. The summed E-state index contributed by atoms with van der Waals surface area (Å²) in [6, 6.07) is 2.54. The molecule has 0 spiro atoms. The Balaban J connectivity index is 2.35. The quantitative estimate of drug-likeness (QED) is 0.351. The Kier molecular flexibility index (Phi) is 7.33. The lowest BCUT2D eigenvalue weighted by molar-refractivity contribution is -0.112. The lowest BCUT2D eigenvalue weighted by atomic mass is 9.95. The highest BCUT2D eigenvalue weighted by molar-refractivity contribution is 6.37. The summed E-state index contributed by atoms with van der Waals surface area (Å²) >= 11 is 0. The van der Waals surface area contributed by atoms with Crippen molar-refractivity contribution in [1.82, 2.24) is 10.2 Å². The maximum atomic E-state index is 11.9. The standard InChI is InChI=1S/C24H34N4O3/c1-14(2)18-11-19(21(30)12-20(18)29)15(3)28(22(25)23(26)31)17-9-7-16(8-10-17)13-27-24(4,5)6/h7-9,11-12,14,17,25,27,29-30H,3,10,13H2,1-2,4-6H3,(H2,26,31).